The van der Waals surface area contributed by atoms with Crippen LogP contribution in [0.4, 0.5) is 23.2 Å². The molecule has 4 aromatic rings. The molecule has 0 aliphatic heterocycles. The van der Waals surface area contributed by atoms with Crippen LogP contribution in [0.2, 0.25) is 5.02 Å². The fourth-order valence-electron chi connectivity index (χ4n) is 4.92. The zero-order valence-corrected chi connectivity index (χ0v) is 27.7. The van der Waals surface area contributed by atoms with Gasteiger partial charge in [0.25, 0.3) is 10.0 Å². The van der Waals surface area contributed by atoms with Crippen molar-refractivity contribution in [3.8, 4) is 0 Å². The van der Waals surface area contributed by atoms with E-state index in [9.17, 15) is 31.2 Å². The van der Waals surface area contributed by atoms with Crippen molar-refractivity contribution < 1.29 is 35.6 Å². The molecule has 4 rings (SSSR count). The first-order chi connectivity index (χ1) is 22.7. The first kappa shape index (κ1) is 36.4. The minimum Gasteiger partial charge on any atom is -0.352 e. The third-order valence-corrected chi connectivity index (χ3v) is 9.82. The highest BCUT2D eigenvalue weighted by atomic mass is 35.5. The highest BCUT2D eigenvalue weighted by molar-refractivity contribution is 7.92. The standard InChI is InChI=1S/C35H34ClF4N3O4S/c1-3-24(2)41-34(45)32(20-25-12-6-4-7-13-25)42(22-26-14-10-11-17-30(26)37)33(44)23-43(48(46,47)28-15-8-5-9-16-28)31-21-27(35(38,39)40)18-19-29(31)36/h4-19,21,24,32H,3,20,22-23H2,1-2H3,(H,41,45)/t24-,32-/m0/s1. The lowest BCUT2D eigenvalue weighted by Gasteiger charge is -2.34. The predicted molar refractivity (Wildman–Crippen MR) is 176 cm³/mol. The van der Waals surface area contributed by atoms with Gasteiger partial charge < -0.3 is 10.2 Å². The second-order valence-corrected chi connectivity index (χ2v) is 13.4. The van der Waals surface area contributed by atoms with Crippen LogP contribution in [0.5, 0.6) is 0 Å². The Balaban J connectivity index is 1.88. The molecule has 0 aliphatic carbocycles. The van der Waals surface area contributed by atoms with Crippen LogP contribution in [0.15, 0.2) is 108 Å². The Kier molecular flexibility index (Phi) is 11.9. The Hall–Kier alpha value is -4.42. The molecule has 13 heteroatoms. The molecule has 0 bridgehead atoms. The van der Waals surface area contributed by atoms with Crippen molar-refractivity contribution in [3.63, 3.8) is 0 Å². The minimum absolute atomic E-state index is 0.0287. The van der Waals surface area contributed by atoms with Crippen molar-refractivity contribution >= 4 is 39.1 Å². The van der Waals surface area contributed by atoms with Crippen LogP contribution in [0.3, 0.4) is 0 Å². The number of sulfonamides is 1. The van der Waals surface area contributed by atoms with Gasteiger partial charge in [0.05, 0.1) is 21.2 Å². The second kappa shape index (κ2) is 15.7. The average molecular weight is 704 g/mol. The smallest absolute Gasteiger partial charge is 0.352 e. The number of nitrogens with one attached hydrogen (secondary N) is 1. The van der Waals surface area contributed by atoms with Crippen molar-refractivity contribution in [1.29, 1.82) is 0 Å². The van der Waals surface area contributed by atoms with Gasteiger partial charge in [-0.1, -0.05) is 85.3 Å². The molecule has 0 radical (unpaired) electrons. The molecular formula is C35H34ClF4N3O4S. The number of hydrogen-bond acceptors (Lipinski definition) is 4. The Morgan fingerprint density at radius 3 is 2.10 bits per heavy atom. The SMILES string of the molecule is CC[C@H](C)NC(=O)[C@H](Cc1ccccc1)N(Cc1ccccc1F)C(=O)CN(c1cc(C(F)(F)F)ccc1Cl)S(=O)(=O)c1ccccc1. The summed E-state index contributed by atoms with van der Waals surface area (Å²) in [6, 6.07) is 21.7. The molecule has 0 saturated carbocycles. The van der Waals surface area contributed by atoms with Crippen molar-refractivity contribution in [2.75, 3.05) is 10.8 Å². The van der Waals surface area contributed by atoms with Crippen molar-refractivity contribution in [1.82, 2.24) is 10.2 Å². The number of alkyl halides is 3. The van der Waals surface area contributed by atoms with Gasteiger partial charge in [-0.25, -0.2) is 12.8 Å². The maximum Gasteiger partial charge on any atom is 0.416 e. The fourth-order valence-corrected chi connectivity index (χ4v) is 6.63. The lowest BCUT2D eigenvalue weighted by atomic mass is 10.0. The molecule has 0 heterocycles. The summed E-state index contributed by atoms with van der Waals surface area (Å²) in [6.07, 6.45) is -4.33. The summed E-state index contributed by atoms with van der Waals surface area (Å²) in [4.78, 5) is 29.0. The van der Waals surface area contributed by atoms with Gasteiger partial charge >= 0.3 is 6.18 Å². The summed E-state index contributed by atoms with van der Waals surface area (Å²) in [5, 5.41) is 2.49. The van der Waals surface area contributed by atoms with Crippen LogP contribution >= 0.6 is 11.6 Å². The van der Waals surface area contributed by atoms with Gasteiger partial charge in [-0.3, -0.25) is 13.9 Å². The fraction of sp³-hybridized carbons (Fsp3) is 0.257. The summed E-state index contributed by atoms with van der Waals surface area (Å²) in [5.74, 6) is -2.23. The van der Waals surface area contributed by atoms with Gasteiger partial charge in [0.15, 0.2) is 0 Å². The summed E-state index contributed by atoms with van der Waals surface area (Å²) in [6.45, 7) is 2.11. The lowest BCUT2D eigenvalue weighted by Crippen LogP contribution is -2.54. The molecule has 2 amide bonds. The number of nitrogens with zero attached hydrogens (tertiary/aromatic N) is 2. The summed E-state index contributed by atoms with van der Waals surface area (Å²) in [5.41, 5.74) is -1.10. The average Bonchev–Trinajstić information content (AvgIpc) is 3.06. The molecule has 0 aliphatic rings. The molecule has 2 atom stereocenters. The van der Waals surface area contributed by atoms with E-state index >= 15 is 4.39 Å². The first-order valence-electron chi connectivity index (χ1n) is 15.0. The van der Waals surface area contributed by atoms with E-state index in [1.54, 1.807) is 49.4 Å². The highest BCUT2D eigenvalue weighted by Gasteiger charge is 2.37. The van der Waals surface area contributed by atoms with Crippen LogP contribution in [0.25, 0.3) is 0 Å². The number of carbonyl (C=O) groups excluding carboxylic acids is 2. The monoisotopic (exact) mass is 703 g/mol. The molecule has 7 nitrogen and oxygen atoms in total. The van der Waals surface area contributed by atoms with Crippen molar-refractivity contribution in [3.05, 3.63) is 131 Å². The van der Waals surface area contributed by atoms with E-state index in [2.05, 4.69) is 5.32 Å². The van der Waals surface area contributed by atoms with Crippen molar-refractivity contribution in [2.24, 2.45) is 0 Å². The first-order valence-corrected chi connectivity index (χ1v) is 16.9. The number of rotatable bonds is 13. The topological polar surface area (TPSA) is 86.8 Å². The number of benzene rings is 4. The molecule has 0 aromatic heterocycles. The largest absolute Gasteiger partial charge is 0.416 e. The van der Waals surface area contributed by atoms with E-state index < -0.39 is 64.2 Å². The van der Waals surface area contributed by atoms with E-state index in [-0.39, 0.29) is 27.9 Å². The van der Waals surface area contributed by atoms with E-state index in [1.165, 1.54) is 42.5 Å². The summed E-state index contributed by atoms with van der Waals surface area (Å²) < 4.78 is 85.1. The second-order valence-electron chi connectivity index (χ2n) is 11.1. The Labute approximate surface area is 282 Å². The maximum atomic E-state index is 15.0. The zero-order chi connectivity index (χ0) is 35.1. The zero-order valence-electron chi connectivity index (χ0n) is 26.1. The highest BCUT2D eigenvalue weighted by Crippen LogP contribution is 2.37. The van der Waals surface area contributed by atoms with Gasteiger partial charge in [-0.15, -0.1) is 0 Å². The van der Waals surface area contributed by atoms with E-state index in [0.29, 0.717) is 28.4 Å². The molecule has 0 fully saturated rings. The number of anilines is 1. The molecule has 0 spiro atoms. The third kappa shape index (κ3) is 8.93. The molecule has 0 unspecified atom stereocenters. The third-order valence-electron chi connectivity index (χ3n) is 7.72. The van der Waals surface area contributed by atoms with E-state index in [4.69, 9.17) is 11.6 Å². The van der Waals surface area contributed by atoms with Crippen LogP contribution in [0, 0.1) is 5.82 Å². The van der Waals surface area contributed by atoms with E-state index in [1.807, 2.05) is 6.92 Å². The molecule has 4 aromatic carbocycles. The molecular weight excluding hydrogens is 670 g/mol. The van der Waals surface area contributed by atoms with Gasteiger partial charge in [-0.2, -0.15) is 13.2 Å². The Bertz CT molecular complexity index is 1830. The number of carbonyl (C=O) groups is 2. The van der Waals surface area contributed by atoms with Gasteiger partial charge in [0.2, 0.25) is 11.8 Å². The van der Waals surface area contributed by atoms with E-state index in [0.717, 1.165) is 11.0 Å². The van der Waals surface area contributed by atoms with Gasteiger partial charge in [-0.05, 0) is 55.3 Å². The van der Waals surface area contributed by atoms with Crippen LogP contribution in [-0.4, -0.2) is 43.8 Å². The molecule has 0 saturated heterocycles. The normalized spacial score (nSPS) is 13.0. The van der Waals surface area contributed by atoms with Crippen molar-refractivity contribution in [2.45, 2.75) is 56.4 Å². The maximum absolute atomic E-state index is 15.0. The number of hydrogen-bond donors (Lipinski definition) is 1. The van der Waals surface area contributed by atoms with Gasteiger partial charge in [0.1, 0.15) is 18.4 Å². The predicted octanol–water partition coefficient (Wildman–Crippen LogP) is 7.25. The molecule has 48 heavy (non-hydrogen) atoms. The molecule has 254 valence electrons. The summed E-state index contributed by atoms with van der Waals surface area (Å²) in [7, 11) is -4.72. The number of amides is 2. The van der Waals surface area contributed by atoms with Crippen LogP contribution in [-0.2, 0) is 38.8 Å². The number of halogens is 5. The Morgan fingerprint density at radius 1 is 0.896 bits per heavy atom. The van der Waals surface area contributed by atoms with Crippen LogP contribution < -0.4 is 9.62 Å². The quantitative estimate of drug-likeness (QED) is 0.149. The lowest BCUT2D eigenvalue weighted by molar-refractivity contribution is -0.140. The summed E-state index contributed by atoms with van der Waals surface area (Å²) >= 11 is 6.33. The minimum atomic E-state index is -4.86. The van der Waals surface area contributed by atoms with Gasteiger partial charge in [0, 0.05) is 24.6 Å². The van der Waals surface area contributed by atoms with Crippen LogP contribution in [0.1, 0.15) is 37.0 Å². The Morgan fingerprint density at radius 2 is 1.50 bits per heavy atom. The molecule has 1 N–H and O–H groups in total.